The van der Waals surface area contributed by atoms with Gasteiger partial charge in [0.25, 0.3) is 11.8 Å². The Labute approximate surface area is 147 Å². The molecule has 1 heterocycles. The molecule has 0 aliphatic carbocycles. The lowest BCUT2D eigenvalue weighted by Gasteiger charge is -2.07. The van der Waals surface area contributed by atoms with Crippen molar-refractivity contribution in [3.8, 4) is 0 Å². The summed E-state index contributed by atoms with van der Waals surface area (Å²) in [6.07, 6.45) is 1.35. The van der Waals surface area contributed by atoms with E-state index in [1.54, 1.807) is 0 Å². The third-order valence-electron chi connectivity index (χ3n) is 2.82. The van der Waals surface area contributed by atoms with Crippen molar-refractivity contribution in [3.05, 3.63) is 59.1 Å². The van der Waals surface area contributed by atoms with E-state index in [1.165, 1.54) is 36.5 Å². The van der Waals surface area contributed by atoms with Crippen LogP contribution in [0.3, 0.4) is 0 Å². The molecular weight excluding hydrogens is 353 g/mol. The Kier molecular flexibility index (Phi) is 6.41. The minimum absolute atomic E-state index is 0.0455. The first-order valence-electron chi connectivity index (χ1n) is 7.05. The monoisotopic (exact) mass is 365 g/mol. The predicted octanol–water partition coefficient (Wildman–Crippen LogP) is 1.79. The average Bonchev–Trinajstić information content (AvgIpc) is 2.58. The Balaban J connectivity index is 1.73. The topological polar surface area (TPSA) is 97.4 Å². The van der Waals surface area contributed by atoms with Crippen molar-refractivity contribution in [1.82, 2.24) is 10.3 Å². The molecule has 2 rings (SSSR count). The van der Waals surface area contributed by atoms with E-state index in [0.29, 0.717) is 5.02 Å². The largest absolute Gasteiger partial charge is 0.454 e. The molecule has 0 saturated carbocycles. The van der Waals surface area contributed by atoms with Gasteiger partial charge in [0.15, 0.2) is 6.61 Å². The fraction of sp³-hybridized carbons (Fsp3) is 0.125. The number of hydrogen-bond acceptors (Lipinski definition) is 5. The van der Waals surface area contributed by atoms with Gasteiger partial charge in [-0.3, -0.25) is 19.4 Å². The molecule has 2 amide bonds. The fourth-order valence-electron chi connectivity index (χ4n) is 1.73. The molecule has 9 heteroatoms. The molecule has 0 fully saturated rings. The lowest BCUT2D eigenvalue weighted by molar-refractivity contribution is -0.146. The van der Waals surface area contributed by atoms with Crippen molar-refractivity contribution in [2.75, 3.05) is 18.5 Å². The maximum absolute atomic E-state index is 13.0. The van der Waals surface area contributed by atoms with Crippen LogP contribution in [0.25, 0.3) is 0 Å². The first-order chi connectivity index (χ1) is 11.9. The van der Waals surface area contributed by atoms with Gasteiger partial charge in [0.2, 0.25) is 0 Å². The molecule has 0 unspecified atom stereocenters. The van der Waals surface area contributed by atoms with E-state index in [2.05, 4.69) is 15.6 Å². The molecule has 0 saturated heterocycles. The van der Waals surface area contributed by atoms with Gasteiger partial charge in [0.1, 0.15) is 18.1 Å². The summed E-state index contributed by atoms with van der Waals surface area (Å²) in [7, 11) is 0. The van der Waals surface area contributed by atoms with Crippen molar-refractivity contribution in [1.29, 1.82) is 0 Å². The zero-order valence-corrected chi connectivity index (χ0v) is 13.5. The van der Waals surface area contributed by atoms with Crippen LogP contribution in [0.4, 0.5) is 10.1 Å². The van der Waals surface area contributed by atoms with Gasteiger partial charge in [-0.05, 0) is 30.3 Å². The van der Waals surface area contributed by atoms with Crippen LogP contribution in [0.1, 0.15) is 10.5 Å². The zero-order chi connectivity index (χ0) is 18.2. The van der Waals surface area contributed by atoms with Gasteiger partial charge >= 0.3 is 5.97 Å². The zero-order valence-electron chi connectivity index (χ0n) is 12.8. The highest BCUT2D eigenvalue weighted by molar-refractivity contribution is 6.30. The first kappa shape index (κ1) is 18.3. The Morgan fingerprint density at radius 3 is 2.72 bits per heavy atom. The molecule has 0 radical (unpaired) electrons. The summed E-state index contributed by atoms with van der Waals surface area (Å²) in [4.78, 5) is 38.7. The normalized spacial score (nSPS) is 10.0. The van der Waals surface area contributed by atoms with E-state index >= 15 is 0 Å². The molecule has 0 aliphatic rings. The second kappa shape index (κ2) is 8.74. The van der Waals surface area contributed by atoms with Crippen LogP contribution in [0.2, 0.25) is 5.02 Å². The minimum atomic E-state index is -0.815. The molecule has 2 aromatic rings. The maximum atomic E-state index is 13.0. The van der Waals surface area contributed by atoms with Gasteiger partial charge in [-0.15, -0.1) is 0 Å². The first-order valence-corrected chi connectivity index (χ1v) is 7.42. The second-order valence-electron chi connectivity index (χ2n) is 4.76. The average molecular weight is 366 g/mol. The number of esters is 1. The highest BCUT2D eigenvalue weighted by atomic mass is 35.5. The number of amides is 2. The lowest BCUT2D eigenvalue weighted by Crippen LogP contribution is -2.32. The van der Waals surface area contributed by atoms with Gasteiger partial charge < -0.3 is 15.4 Å². The van der Waals surface area contributed by atoms with Gasteiger partial charge in [0.05, 0.1) is 0 Å². The third kappa shape index (κ3) is 6.19. The molecule has 0 aliphatic heterocycles. The number of carbonyl (C=O) groups excluding carboxylic acids is 3. The number of benzene rings is 1. The standard InChI is InChI=1S/C16H13ClFN3O4/c17-10-4-5-19-13(6-10)16(24)20-8-15(23)25-9-14(22)21-12-3-1-2-11(18)7-12/h1-7H,8-9H2,(H,20,24)(H,21,22). The number of anilines is 1. The second-order valence-corrected chi connectivity index (χ2v) is 5.20. The van der Waals surface area contributed by atoms with Crippen molar-refractivity contribution >= 4 is 35.1 Å². The van der Waals surface area contributed by atoms with Crippen LogP contribution in [-0.4, -0.2) is 35.9 Å². The van der Waals surface area contributed by atoms with Crippen molar-refractivity contribution in [2.24, 2.45) is 0 Å². The number of nitrogens with one attached hydrogen (secondary N) is 2. The van der Waals surface area contributed by atoms with Crippen molar-refractivity contribution in [2.45, 2.75) is 0 Å². The lowest BCUT2D eigenvalue weighted by atomic mass is 10.3. The molecule has 130 valence electrons. The van der Waals surface area contributed by atoms with E-state index in [1.807, 2.05) is 0 Å². The number of carbonyl (C=O) groups is 3. The smallest absolute Gasteiger partial charge is 0.325 e. The number of halogens is 2. The Bertz CT molecular complexity index is 800. The highest BCUT2D eigenvalue weighted by Gasteiger charge is 2.12. The molecule has 25 heavy (non-hydrogen) atoms. The fourth-order valence-corrected chi connectivity index (χ4v) is 1.89. The van der Waals surface area contributed by atoms with Crippen LogP contribution >= 0.6 is 11.6 Å². The minimum Gasteiger partial charge on any atom is -0.454 e. The predicted molar refractivity (Wildman–Crippen MR) is 87.6 cm³/mol. The van der Waals surface area contributed by atoms with E-state index in [-0.39, 0.29) is 11.4 Å². The van der Waals surface area contributed by atoms with Crippen LogP contribution in [0, 0.1) is 5.82 Å². The number of aromatic nitrogens is 1. The Morgan fingerprint density at radius 2 is 2.00 bits per heavy atom. The summed E-state index contributed by atoms with van der Waals surface area (Å²) in [5, 5.41) is 4.99. The number of rotatable bonds is 6. The number of pyridine rings is 1. The van der Waals surface area contributed by atoms with Crippen molar-refractivity contribution < 1.29 is 23.5 Å². The number of hydrogen-bond donors (Lipinski definition) is 2. The van der Waals surface area contributed by atoms with Gasteiger partial charge in [-0.25, -0.2) is 4.39 Å². The quantitative estimate of drug-likeness (QED) is 0.760. The molecule has 2 N–H and O–H groups in total. The molecule has 0 atom stereocenters. The molecular formula is C16H13ClFN3O4. The van der Waals surface area contributed by atoms with Gasteiger partial charge in [-0.1, -0.05) is 17.7 Å². The summed E-state index contributed by atoms with van der Waals surface area (Å²) in [5.41, 5.74) is 0.283. The Hall–Kier alpha value is -3.00. The molecule has 0 spiro atoms. The van der Waals surface area contributed by atoms with E-state index in [4.69, 9.17) is 16.3 Å². The van der Waals surface area contributed by atoms with Crippen LogP contribution < -0.4 is 10.6 Å². The van der Waals surface area contributed by atoms with E-state index < -0.39 is 36.8 Å². The van der Waals surface area contributed by atoms with Crippen molar-refractivity contribution in [3.63, 3.8) is 0 Å². The summed E-state index contributed by atoms with van der Waals surface area (Å²) < 4.78 is 17.7. The highest BCUT2D eigenvalue weighted by Crippen LogP contribution is 2.09. The molecule has 1 aromatic carbocycles. The number of ether oxygens (including phenoxy) is 1. The summed E-state index contributed by atoms with van der Waals surface area (Å²) in [6.45, 7) is -1.01. The Morgan fingerprint density at radius 1 is 1.20 bits per heavy atom. The van der Waals surface area contributed by atoms with Crippen LogP contribution in [0.5, 0.6) is 0 Å². The van der Waals surface area contributed by atoms with Crippen LogP contribution in [0.15, 0.2) is 42.6 Å². The van der Waals surface area contributed by atoms with Gasteiger partial charge in [0, 0.05) is 16.9 Å². The molecule has 7 nitrogen and oxygen atoms in total. The third-order valence-corrected chi connectivity index (χ3v) is 3.06. The summed E-state index contributed by atoms with van der Waals surface area (Å²) in [6, 6.07) is 8.11. The SMILES string of the molecule is O=C(COC(=O)CNC(=O)c1cc(Cl)ccn1)Nc1cccc(F)c1. The van der Waals surface area contributed by atoms with Gasteiger partial charge in [-0.2, -0.15) is 0 Å². The molecule has 1 aromatic heterocycles. The van der Waals surface area contributed by atoms with E-state index in [9.17, 15) is 18.8 Å². The van der Waals surface area contributed by atoms with E-state index in [0.717, 1.165) is 6.07 Å². The number of nitrogens with zero attached hydrogens (tertiary/aromatic N) is 1. The maximum Gasteiger partial charge on any atom is 0.325 e. The summed E-state index contributed by atoms with van der Waals surface area (Å²) in [5.74, 6) is -2.57. The summed E-state index contributed by atoms with van der Waals surface area (Å²) >= 11 is 5.73. The van der Waals surface area contributed by atoms with Crippen LogP contribution in [-0.2, 0) is 14.3 Å². The molecule has 0 bridgehead atoms.